The minimum atomic E-state index is -0.344. The number of nitrogens with zero attached hydrogens (tertiary/aromatic N) is 1. The molecule has 1 aliphatic rings. The van der Waals surface area contributed by atoms with Crippen LogP contribution in [0.3, 0.4) is 0 Å². The molecule has 1 aliphatic heterocycles. The van der Waals surface area contributed by atoms with Crippen molar-refractivity contribution in [1.82, 2.24) is 4.90 Å². The number of amides is 1. The van der Waals surface area contributed by atoms with Crippen molar-refractivity contribution in [2.75, 3.05) is 13.1 Å². The summed E-state index contributed by atoms with van der Waals surface area (Å²) in [6.45, 7) is 0.911. The van der Waals surface area contributed by atoms with Crippen LogP contribution in [0.4, 0.5) is 0 Å². The van der Waals surface area contributed by atoms with E-state index < -0.39 is 0 Å². The van der Waals surface area contributed by atoms with Crippen LogP contribution in [0.1, 0.15) is 10.4 Å². The van der Waals surface area contributed by atoms with Crippen molar-refractivity contribution in [2.45, 2.75) is 6.10 Å². The fraction of sp³-hybridized carbons (Fsp3) is 0.300. The summed E-state index contributed by atoms with van der Waals surface area (Å²) in [5.41, 5.74) is 0.740. The highest BCUT2D eigenvalue weighted by Gasteiger charge is 2.30. The molecule has 0 bridgehead atoms. The zero-order chi connectivity index (χ0) is 11.9. The first-order valence-corrected chi connectivity index (χ1v) is 7.84. The SMILES string of the molecule is O=C(c1cc(I)cc(I)c1I)N1CC(O)C1. The third-order valence-corrected chi connectivity index (χ3v) is 6.04. The van der Waals surface area contributed by atoms with Crippen LogP contribution < -0.4 is 0 Å². The summed E-state index contributed by atoms with van der Waals surface area (Å²) in [5, 5.41) is 9.19. The third-order valence-electron chi connectivity index (χ3n) is 2.37. The van der Waals surface area contributed by atoms with Gasteiger partial charge in [-0.25, -0.2) is 0 Å². The molecule has 1 aromatic rings. The van der Waals surface area contributed by atoms with Gasteiger partial charge in [0.05, 0.1) is 11.7 Å². The Morgan fingerprint density at radius 2 is 1.94 bits per heavy atom. The van der Waals surface area contributed by atoms with E-state index in [0.29, 0.717) is 13.1 Å². The van der Waals surface area contributed by atoms with Crippen LogP contribution in [0.15, 0.2) is 12.1 Å². The minimum absolute atomic E-state index is 0.0196. The van der Waals surface area contributed by atoms with E-state index in [-0.39, 0.29) is 12.0 Å². The quantitative estimate of drug-likeness (QED) is 0.428. The zero-order valence-corrected chi connectivity index (χ0v) is 14.6. The van der Waals surface area contributed by atoms with Crippen LogP contribution in [0, 0.1) is 10.7 Å². The van der Waals surface area contributed by atoms with Crippen LogP contribution in [-0.4, -0.2) is 35.1 Å². The standard InChI is InChI=1S/C10H8I3NO2/c11-5-1-7(9(13)8(12)2-5)10(16)14-3-6(15)4-14/h1-2,6,15H,3-4H2. The number of aliphatic hydroxyl groups excluding tert-OH is 1. The minimum Gasteiger partial charge on any atom is -0.389 e. The maximum absolute atomic E-state index is 12.1. The second-order valence-electron chi connectivity index (χ2n) is 3.61. The molecular weight excluding hydrogens is 547 g/mol. The first-order valence-electron chi connectivity index (χ1n) is 4.61. The van der Waals surface area contributed by atoms with E-state index in [4.69, 9.17) is 0 Å². The van der Waals surface area contributed by atoms with Gasteiger partial charge >= 0.3 is 0 Å². The molecule has 6 heteroatoms. The first-order chi connectivity index (χ1) is 7.49. The predicted octanol–water partition coefficient (Wildman–Crippen LogP) is 2.32. The summed E-state index contributed by atoms with van der Waals surface area (Å²) in [7, 11) is 0. The molecule has 1 heterocycles. The van der Waals surface area contributed by atoms with Gasteiger partial charge in [-0.2, -0.15) is 0 Å². The lowest BCUT2D eigenvalue weighted by Crippen LogP contribution is -2.53. The highest BCUT2D eigenvalue weighted by Crippen LogP contribution is 2.25. The largest absolute Gasteiger partial charge is 0.389 e. The Bertz CT molecular complexity index is 444. The lowest BCUT2D eigenvalue weighted by atomic mass is 10.1. The summed E-state index contributed by atoms with van der Waals surface area (Å²) >= 11 is 6.64. The number of hydrogen-bond acceptors (Lipinski definition) is 2. The normalized spacial score (nSPS) is 16.1. The van der Waals surface area contributed by atoms with Crippen LogP contribution in [0.25, 0.3) is 0 Å². The van der Waals surface area contributed by atoms with Gasteiger partial charge in [0.1, 0.15) is 0 Å². The number of β-amino-alcohol motifs (C(OH)–C–C–N with tert-alkyl or cyclic N) is 1. The Balaban J connectivity index is 2.29. The molecule has 0 aromatic heterocycles. The van der Waals surface area contributed by atoms with Crippen molar-refractivity contribution in [3.63, 3.8) is 0 Å². The smallest absolute Gasteiger partial charge is 0.255 e. The summed E-state index contributed by atoms with van der Waals surface area (Å²) in [6, 6.07) is 3.95. The van der Waals surface area contributed by atoms with E-state index in [1.54, 1.807) is 4.90 Å². The Hall–Kier alpha value is 0.840. The number of carbonyl (C=O) groups is 1. The topological polar surface area (TPSA) is 40.5 Å². The van der Waals surface area contributed by atoms with Gasteiger partial charge < -0.3 is 10.0 Å². The molecule has 0 radical (unpaired) electrons. The molecule has 3 nitrogen and oxygen atoms in total. The lowest BCUT2D eigenvalue weighted by Gasteiger charge is -2.36. The number of halogens is 3. The Morgan fingerprint density at radius 1 is 1.31 bits per heavy atom. The summed E-state index contributed by atoms with van der Waals surface area (Å²) in [6.07, 6.45) is -0.344. The van der Waals surface area contributed by atoms with E-state index in [0.717, 1.165) is 16.3 Å². The monoisotopic (exact) mass is 555 g/mol. The van der Waals surface area contributed by atoms with Crippen LogP contribution >= 0.6 is 67.8 Å². The number of benzene rings is 1. The third kappa shape index (κ3) is 2.64. The van der Waals surface area contributed by atoms with Gasteiger partial charge in [-0.15, -0.1) is 0 Å². The lowest BCUT2D eigenvalue weighted by molar-refractivity contribution is 0.00581. The van der Waals surface area contributed by atoms with Gasteiger partial charge in [0.15, 0.2) is 0 Å². The second-order valence-corrected chi connectivity index (χ2v) is 7.10. The number of aliphatic hydroxyl groups is 1. The highest BCUT2D eigenvalue weighted by atomic mass is 127. The molecule has 0 unspecified atom stereocenters. The van der Waals surface area contributed by atoms with Gasteiger partial charge in [-0.05, 0) is 79.9 Å². The molecule has 1 aromatic carbocycles. The van der Waals surface area contributed by atoms with Crippen LogP contribution in [0.2, 0.25) is 0 Å². The molecule has 86 valence electrons. The maximum atomic E-state index is 12.1. The van der Waals surface area contributed by atoms with Gasteiger partial charge in [0, 0.05) is 23.8 Å². The average molecular weight is 555 g/mol. The van der Waals surface area contributed by atoms with Crippen molar-refractivity contribution in [1.29, 1.82) is 0 Å². The summed E-state index contributed by atoms with van der Waals surface area (Å²) < 4.78 is 3.14. The number of likely N-dealkylation sites (tertiary alicyclic amines) is 1. The molecule has 0 saturated carbocycles. The van der Waals surface area contributed by atoms with Crippen LogP contribution in [-0.2, 0) is 0 Å². The number of hydrogen-bond donors (Lipinski definition) is 1. The molecule has 0 atom stereocenters. The molecule has 0 spiro atoms. The maximum Gasteiger partial charge on any atom is 0.255 e. The predicted molar refractivity (Wildman–Crippen MR) is 86.5 cm³/mol. The fourth-order valence-corrected chi connectivity index (χ4v) is 3.89. The van der Waals surface area contributed by atoms with E-state index in [2.05, 4.69) is 67.8 Å². The van der Waals surface area contributed by atoms with Crippen LogP contribution in [0.5, 0.6) is 0 Å². The van der Waals surface area contributed by atoms with Crippen molar-refractivity contribution in [3.05, 3.63) is 28.4 Å². The van der Waals surface area contributed by atoms with Gasteiger partial charge in [-0.3, -0.25) is 4.79 Å². The Kier molecular flexibility index (Phi) is 4.33. The van der Waals surface area contributed by atoms with Crippen molar-refractivity contribution >= 4 is 73.7 Å². The fourth-order valence-electron chi connectivity index (χ4n) is 1.50. The molecule has 2 rings (SSSR count). The Labute approximate surface area is 134 Å². The molecular formula is C10H8I3NO2. The molecule has 1 amide bonds. The van der Waals surface area contributed by atoms with E-state index in [1.807, 2.05) is 12.1 Å². The zero-order valence-electron chi connectivity index (χ0n) is 8.08. The van der Waals surface area contributed by atoms with Crippen molar-refractivity contribution in [3.8, 4) is 0 Å². The number of rotatable bonds is 1. The molecule has 1 N–H and O–H groups in total. The van der Waals surface area contributed by atoms with Gasteiger partial charge in [0.25, 0.3) is 5.91 Å². The summed E-state index contributed by atoms with van der Waals surface area (Å²) in [5.74, 6) is 0.0196. The summed E-state index contributed by atoms with van der Waals surface area (Å²) in [4.78, 5) is 13.8. The second kappa shape index (κ2) is 5.22. The Morgan fingerprint density at radius 3 is 2.50 bits per heavy atom. The molecule has 1 fully saturated rings. The number of carbonyl (C=O) groups excluding carboxylic acids is 1. The first kappa shape index (κ1) is 13.3. The molecule has 16 heavy (non-hydrogen) atoms. The van der Waals surface area contributed by atoms with Crippen molar-refractivity contribution in [2.24, 2.45) is 0 Å². The van der Waals surface area contributed by atoms with E-state index in [1.165, 1.54) is 0 Å². The van der Waals surface area contributed by atoms with E-state index in [9.17, 15) is 9.90 Å². The van der Waals surface area contributed by atoms with E-state index >= 15 is 0 Å². The van der Waals surface area contributed by atoms with Gasteiger partial charge in [0.2, 0.25) is 0 Å². The molecule has 1 saturated heterocycles. The van der Waals surface area contributed by atoms with Crippen molar-refractivity contribution < 1.29 is 9.90 Å². The highest BCUT2D eigenvalue weighted by molar-refractivity contribution is 14.1. The van der Waals surface area contributed by atoms with Gasteiger partial charge in [-0.1, -0.05) is 0 Å². The average Bonchev–Trinajstić information content (AvgIpc) is 2.18. The molecule has 0 aliphatic carbocycles.